The third-order valence-corrected chi connectivity index (χ3v) is 4.38. The van der Waals surface area contributed by atoms with E-state index in [9.17, 15) is 0 Å². The van der Waals surface area contributed by atoms with Crippen LogP contribution in [-0.4, -0.2) is 31.6 Å². The van der Waals surface area contributed by atoms with E-state index >= 15 is 0 Å². The standard InChI is InChI=1S/C16H26BrClN2/c1-11(2)8-14(20(4)5)10-19-12(3)15-7-6-13(17)9-16(15)18/h6-7,9,11-12,14,19H,8,10H2,1-5H3. The van der Waals surface area contributed by atoms with Crippen LogP contribution in [0.25, 0.3) is 0 Å². The molecule has 0 radical (unpaired) electrons. The normalized spacial score (nSPS) is 14.8. The van der Waals surface area contributed by atoms with E-state index in [1.54, 1.807) is 0 Å². The lowest BCUT2D eigenvalue weighted by molar-refractivity contribution is 0.242. The van der Waals surface area contributed by atoms with Gasteiger partial charge in [0.15, 0.2) is 0 Å². The van der Waals surface area contributed by atoms with Gasteiger partial charge in [0.05, 0.1) is 0 Å². The van der Waals surface area contributed by atoms with Crippen molar-refractivity contribution in [2.75, 3.05) is 20.6 Å². The second kappa shape index (κ2) is 8.38. The predicted molar refractivity (Wildman–Crippen MR) is 92.5 cm³/mol. The highest BCUT2D eigenvalue weighted by molar-refractivity contribution is 9.10. The first kappa shape index (κ1) is 18.0. The van der Waals surface area contributed by atoms with Gasteiger partial charge in [-0.2, -0.15) is 0 Å². The Labute approximate surface area is 137 Å². The summed E-state index contributed by atoms with van der Waals surface area (Å²) in [4.78, 5) is 2.29. The molecule has 0 aliphatic carbocycles. The Kier molecular flexibility index (Phi) is 7.52. The fourth-order valence-corrected chi connectivity index (χ4v) is 3.13. The van der Waals surface area contributed by atoms with Crippen LogP contribution in [0.3, 0.4) is 0 Å². The molecule has 1 N–H and O–H groups in total. The lowest BCUT2D eigenvalue weighted by Crippen LogP contribution is -2.39. The molecule has 0 saturated heterocycles. The number of likely N-dealkylation sites (N-methyl/N-ethyl adjacent to an activating group) is 1. The Bertz CT molecular complexity index is 421. The van der Waals surface area contributed by atoms with Gasteiger partial charge in [0.2, 0.25) is 0 Å². The molecule has 0 fully saturated rings. The summed E-state index contributed by atoms with van der Waals surface area (Å²) < 4.78 is 1.02. The van der Waals surface area contributed by atoms with Crippen LogP contribution in [-0.2, 0) is 0 Å². The zero-order valence-electron chi connectivity index (χ0n) is 13.1. The third kappa shape index (κ3) is 5.72. The van der Waals surface area contributed by atoms with Gasteiger partial charge in [0.25, 0.3) is 0 Å². The number of rotatable bonds is 7. The topological polar surface area (TPSA) is 15.3 Å². The molecular formula is C16H26BrClN2. The van der Waals surface area contributed by atoms with Crippen LogP contribution in [0.5, 0.6) is 0 Å². The Balaban J connectivity index is 2.62. The van der Waals surface area contributed by atoms with E-state index in [-0.39, 0.29) is 6.04 Å². The van der Waals surface area contributed by atoms with Crippen LogP contribution in [0.2, 0.25) is 5.02 Å². The molecule has 1 aromatic carbocycles. The molecule has 2 nitrogen and oxygen atoms in total. The zero-order chi connectivity index (χ0) is 15.3. The molecular weight excluding hydrogens is 336 g/mol. The van der Waals surface area contributed by atoms with E-state index < -0.39 is 0 Å². The average molecular weight is 362 g/mol. The summed E-state index contributed by atoms with van der Waals surface area (Å²) in [6.07, 6.45) is 1.20. The SMILES string of the molecule is CC(C)CC(CNC(C)c1ccc(Br)cc1Cl)N(C)C. The first-order valence-corrected chi connectivity index (χ1v) is 8.33. The van der Waals surface area contributed by atoms with Crippen LogP contribution >= 0.6 is 27.5 Å². The molecule has 0 heterocycles. The Morgan fingerprint density at radius 3 is 2.40 bits per heavy atom. The van der Waals surface area contributed by atoms with Crippen LogP contribution < -0.4 is 5.32 Å². The number of halogens is 2. The largest absolute Gasteiger partial charge is 0.309 e. The molecule has 114 valence electrons. The maximum atomic E-state index is 6.31. The number of nitrogens with one attached hydrogen (secondary N) is 1. The highest BCUT2D eigenvalue weighted by atomic mass is 79.9. The lowest BCUT2D eigenvalue weighted by Gasteiger charge is -2.28. The number of benzene rings is 1. The number of hydrogen-bond donors (Lipinski definition) is 1. The molecule has 1 rings (SSSR count). The molecule has 0 saturated carbocycles. The fourth-order valence-electron chi connectivity index (χ4n) is 2.30. The molecule has 0 aliphatic heterocycles. The molecule has 4 heteroatoms. The van der Waals surface area contributed by atoms with Crippen LogP contribution in [0.4, 0.5) is 0 Å². The average Bonchev–Trinajstić information content (AvgIpc) is 2.33. The van der Waals surface area contributed by atoms with Crippen molar-refractivity contribution in [3.8, 4) is 0 Å². The summed E-state index contributed by atoms with van der Waals surface area (Å²) in [5.41, 5.74) is 1.15. The maximum absolute atomic E-state index is 6.31. The molecule has 1 aromatic rings. The van der Waals surface area contributed by atoms with Crippen molar-refractivity contribution in [2.45, 2.75) is 39.3 Å². The zero-order valence-corrected chi connectivity index (χ0v) is 15.4. The minimum atomic E-state index is 0.255. The first-order chi connectivity index (χ1) is 9.31. The van der Waals surface area contributed by atoms with E-state index in [1.807, 2.05) is 12.1 Å². The second-order valence-corrected chi connectivity index (χ2v) is 7.37. The quantitative estimate of drug-likeness (QED) is 0.755. The van der Waals surface area contributed by atoms with Gasteiger partial charge < -0.3 is 10.2 Å². The smallest absolute Gasteiger partial charge is 0.0464 e. The molecule has 2 atom stereocenters. The molecule has 0 bridgehead atoms. The Hall–Kier alpha value is -0.0900. The van der Waals surface area contributed by atoms with Crippen molar-refractivity contribution in [1.29, 1.82) is 0 Å². The van der Waals surface area contributed by atoms with Crippen molar-refractivity contribution in [3.05, 3.63) is 33.3 Å². The van der Waals surface area contributed by atoms with Gasteiger partial charge in [-0.25, -0.2) is 0 Å². The number of nitrogens with zero attached hydrogens (tertiary/aromatic N) is 1. The van der Waals surface area contributed by atoms with Crippen molar-refractivity contribution in [1.82, 2.24) is 10.2 Å². The summed E-state index contributed by atoms with van der Waals surface area (Å²) in [5, 5.41) is 4.41. The summed E-state index contributed by atoms with van der Waals surface area (Å²) >= 11 is 9.75. The van der Waals surface area contributed by atoms with Crippen LogP contribution in [0.15, 0.2) is 22.7 Å². The summed E-state index contributed by atoms with van der Waals surface area (Å²) in [6, 6.07) is 6.87. The van der Waals surface area contributed by atoms with E-state index in [0.29, 0.717) is 12.0 Å². The number of hydrogen-bond acceptors (Lipinski definition) is 2. The monoisotopic (exact) mass is 360 g/mol. The van der Waals surface area contributed by atoms with E-state index in [1.165, 1.54) is 6.42 Å². The van der Waals surface area contributed by atoms with Crippen LogP contribution in [0.1, 0.15) is 38.8 Å². The molecule has 0 spiro atoms. The molecule has 0 aliphatic rings. The van der Waals surface area contributed by atoms with E-state index in [0.717, 1.165) is 21.6 Å². The van der Waals surface area contributed by atoms with Gasteiger partial charge >= 0.3 is 0 Å². The van der Waals surface area contributed by atoms with Crippen LogP contribution in [0, 0.1) is 5.92 Å². The third-order valence-electron chi connectivity index (χ3n) is 3.56. The fraction of sp³-hybridized carbons (Fsp3) is 0.625. The molecule has 0 aromatic heterocycles. The first-order valence-electron chi connectivity index (χ1n) is 7.16. The minimum absolute atomic E-state index is 0.255. The molecule has 0 amide bonds. The van der Waals surface area contributed by atoms with Crippen molar-refractivity contribution in [3.63, 3.8) is 0 Å². The summed E-state index contributed by atoms with van der Waals surface area (Å²) in [5.74, 6) is 0.704. The maximum Gasteiger partial charge on any atom is 0.0464 e. The van der Waals surface area contributed by atoms with Gasteiger partial charge in [-0.3, -0.25) is 0 Å². The Morgan fingerprint density at radius 1 is 1.25 bits per heavy atom. The van der Waals surface area contributed by atoms with Gasteiger partial charge in [0, 0.05) is 28.1 Å². The summed E-state index contributed by atoms with van der Waals surface area (Å²) in [7, 11) is 4.29. The van der Waals surface area contributed by atoms with Gasteiger partial charge in [-0.05, 0) is 51.1 Å². The van der Waals surface area contributed by atoms with Gasteiger partial charge in [-0.15, -0.1) is 0 Å². The molecule has 2 unspecified atom stereocenters. The highest BCUT2D eigenvalue weighted by Gasteiger charge is 2.16. The summed E-state index contributed by atoms with van der Waals surface area (Å²) in [6.45, 7) is 7.67. The highest BCUT2D eigenvalue weighted by Crippen LogP contribution is 2.26. The van der Waals surface area contributed by atoms with Gasteiger partial charge in [0.1, 0.15) is 0 Å². The van der Waals surface area contributed by atoms with E-state index in [4.69, 9.17) is 11.6 Å². The van der Waals surface area contributed by atoms with Gasteiger partial charge in [-0.1, -0.05) is 47.4 Å². The van der Waals surface area contributed by atoms with Crippen molar-refractivity contribution in [2.24, 2.45) is 5.92 Å². The molecule has 20 heavy (non-hydrogen) atoms. The van der Waals surface area contributed by atoms with Crippen molar-refractivity contribution >= 4 is 27.5 Å². The minimum Gasteiger partial charge on any atom is -0.309 e. The predicted octanol–water partition coefficient (Wildman–Crippen LogP) is 4.73. The Morgan fingerprint density at radius 2 is 1.90 bits per heavy atom. The van der Waals surface area contributed by atoms with E-state index in [2.05, 4.69) is 67.1 Å². The second-order valence-electron chi connectivity index (χ2n) is 6.04. The lowest BCUT2D eigenvalue weighted by atomic mass is 10.0. The van der Waals surface area contributed by atoms with Crippen molar-refractivity contribution < 1.29 is 0 Å².